The SMILES string of the molecule is CS(=O)(=O)OP(=O)(c1ccccc1)c1ccccc1. The molecule has 0 aromatic heterocycles. The van der Waals surface area contributed by atoms with Crippen LogP contribution in [0.3, 0.4) is 0 Å². The van der Waals surface area contributed by atoms with E-state index in [1.165, 1.54) is 0 Å². The molecule has 0 aliphatic carbocycles. The van der Waals surface area contributed by atoms with Crippen LogP contribution in [0.15, 0.2) is 60.7 Å². The molecule has 0 atom stereocenters. The number of rotatable bonds is 4. The molecule has 0 amide bonds. The first-order valence-corrected chi connectivity index (χ1v) is 8.98. The molecular formula is C13H13O4PS. The average Bonchev–Trinajstić information content (AvgIpc) is 2.39. The largest absolute Gasteiger partial charge is 0.281 e. The highest BCUT2D eigenvalue weighted by Gasteiger charge is 2.32. The van der Waals surface area contributed by atoms with Crippen molar-refractivity contribution in [1.82, 2.24) is 0 Å². The highest BCUT2D eigenvalue weighted by molar-refractivity contribution is 7.94. The van der Waals surface area contributed by atoms with Gasteiger partial charge in [-0.15, -0.1) is 0 Å². The predicted molar refractivity (Wildman–Crippen MR) is 75.7 cm³/mol. The topological polar surface area (TPSA) is 60.4 Å². The van der Waals surface area contributed by atoms with Crippen LogP contribution in [0.5, 0.6) is 0 Å². The Bertz CT molecular complexity index is 652. The molecule has 0 heterocycles. The van der Waals surface area contributed by atoms with Crippen molar-refractivity contribution in [1.29, 1.82) is 0 Å². The van der Waals surface area contributed by atoms with Gasteiger partial charge < -0.3 is 0 Å². The summed E-state index contributed by atoms with van der Waals surface area (Å²) < 4.78 is 40.8. The molecule has 2 rings (SSSR count). The smallest absolute Gasteiger partial charge is 0.276 e. The Balaban J connectivity index is 2.61. The number of benzene rings is 2. The molecule has 0 fully saturated rings. The van der Waals surface area contributed by atoms with Crippen molar-refractivity contribution < 1.29 is 17.0 Å². The molecule has 0 spiro atoms. The molecule has 0 saturated carbocycles. The van der Waals surface area contributed by atoms with Crippen molar-refractivity contribution >= 4 is 28.1 Å². The molecular weight excluding hydrogens is 283 g/mol. The molecule has 0 aliphatic heterocycles. The monoisotopic (exact) mass is 296 g/mol. The van der Waals surface area contributed by atoms with Gasteiger partial charge in [0.25, 0.3) is 17.5 Å². The second-order valence-electron chi connectivity index (χ2n) is 4.00. The van der Waals surface area contributed by atoms with Crippen LogP contribution in [0.1, 0.15) is 0 Å². The van der Waals surface area contributed by atoms with Crippen molar-refractivity contribution in [2.75, 3.05) is 6.26 Å². The van der Waals surface area contributed by atoms with Crippen molar-refractivity contribution in [3.05, 3.63) is 60.7 Å². The van der Waals surface area contributed by atoms with E-state index in [-0.39, 0.29) is 0 Å². The van der Waals surface area contributed by atoms with E-state index in [0.717, 1.165) is 6.26 Å². The molecule has 0 bridgehead atoms. The second kappa shape index (κ2) is 5.29. The van der Waals surface area contributed by atoms with Crippen LogP contribution in [-0.4, -0.2) is 14.7 Å². The van der Waals surface area contributed by atoms with Gasteiger partial charge in [0, 0.05) is 10.6 Å². The first-order chi connectivity index (χ1) is 8.92. The minimum atomic E-state index is -3.84. The summed E-state index contributed by atoms with van der Waals surface area (Å²) in [5, 5.41) is 0.707. The Morgan fingerprint density at radius 2 is 1.21 bits per heavy atom. The number of hydrogen-bond acceptors (Lipinski definition) is 4. The third-order valence-corrected chi connectivity index (χ3v) is 6.31. The Morgan fingerprint density at radius 3 is 1.53 bits per heavy atom. The minimum absolute atomic E-state index is 0.353. The molecule has 2 aromatic carbocycles. The third-order valence-electron chi connectivity index (χ3n) is 2.43. The van der Waals surface area contributed by atoms with E-state index in [9.17, 15) is 13.0 Å². The van der Waals surface area contributed by atoms with Crippen molar-refractivity contribution in [3.63, 3.8) is 0 Å². The lowest BCUT2D eigenvalue weighted by atomic mass is 10.4. The van der Waals surface area contributed by atoms with Gasteiger partial charge in [0.15, 0.2) is 0 Å². The van der Waals surface area contributed by atoms with Crippen LogP contribution in [0, 0.1) is 0 Å². The van der Waals surface area contributed by atoms with E-state index in [1.807, 2.05) is 0 Å². The molecule has 100 valence electrons. The van der Waals surface area contributed by atoms with Gasteiger partial charge >= 0.3 is 0 Å². The third kappa shape index (κ3) is 3.32. The lowest BCUT2D eigenvalue weighted by molar-refractivity contribution is 0.478. The fraction of sp³-hybridized carbons (Fsp3) is 0.0769. The molecule has 0 saturated heterocycles. The van der Waals surface area contributed by atoms with E-state index in [1.54, 1.807) is 60.7 Å². The van der Waals surface area contributed by atoms with E-state index in [2.05, 4.69) is 0 Å². The van der Waals surface area contributed by atoms with Crippen LogP contribution in [-0.2, 0) is 18.7 Å². The van der Waals surface area contributed by atoms with Gasteiger partial charge in [-0.2, -0.15) is 8.42 Å². The van der Waals surface area contributed by atoms with Gasteiger partial charge in [-0.25, -0.2) is 3.97 Å². The quantitative estimate of drug-likeness (QED) is 0.808. The lowest BCUT2D eigenvalue weighted by Crippen LogP contribution is -2.20. The first kappa shape index (κ1) is 14.0. The molecule has 0 radical (unpaired) electrons. The molecule has 19 heavy (non-hydrogen) atoms. The normalized spacial score (nSPS) is 12.3. The fourth-order valence-corrected chi connectivity index (χ4v) is 5.32. The molecule has 4 nitrogen and oxygen atoms in total. The van der Waals surface area contributed by atoms with Crippen LogP contribution >= 0.6 is 7.37 Å². The van der Waals surface area contributed by atoms with Gasteiger partial charge in [0.1, 0.15) is 0 Å². The van der Waals surface area contributed by atoms with Gasteiger partial charge in [-0.1, -0.05) is 36.4 Å². The maximum Gasteiger partial charge on any atom is 0.276 e. The zero-order valence-electron chi connectivity index (χ0n) is 10.3. The number of hydrogen-bond donors (Lipinski definition) is 0. The first-order valence-electron chi connectivity index (χ1n) is 5.54. The van der Waals surface area contributed by atoms with Gasteiger partial charge in [0.2, 0.25) is 0 Å². The van der Waals surface area contributed by atoms with Crippen molar-refractivity contribution in [2.24, 2.45) is 0 Å². The van der Waals surface area contributed by atoms with Crippen LogP contribution in [0.4, 0.5) is 0 Å². The maximum absolute atomic E-state index is 13.0. The zero-order valence-corrected chi connectivity index (χ0v) is 12.0. The predicted octanol–water partition coefficient (Wildman–Crippen LogP) is 1.89. The Hall–Kier alpha value is -1.42. The highest BCUT2D eigenvalue weighted by atomic mass is 32.2. The van der Waals surface area contributed by atoms with Crippen molar-refractivity contribution in [3.8, 4) is 0 Å². The summed E-state index contributed by atoms with van der Waals surface area (Å²) in [7, 11) is -7.47. The van der Waals surface area contributed by atoms with E-state index >= 15 is 0 Å². The maximum atomic E-state index is 13.0. The van der Waals surface area contributed by atoms with E-state index in [4.69, 9.17) is 3.97 Å². The van der Waals surface area contributed by atoms with E-state index in [0.29, 0.717) is 10.6 Å². The molecule has 0 N–H and O–H groups in total. The summed E-state index contributed by atoms with van der Waals surface area (Å²) in [5.74, 6) is 0. The van der Waals surface area contributed by atoms with E-state index < -0.39 is 17.5 Å². The average molecular weight is 296 g/mol. The minimum Gasteiger partial charge on any atom is -0.281 e. The lowest BCUT2D eigenvalue weighted by Gasteiger charge is -2.17. The summed E-state index contributed by atoms with van der Waals surface area (Å²) in [5.41, 5.74) is 0. The summed E-state index contributed by atoms with van der Waals surface area (Å²) in [6.45, 7) is 0. The Kier molecular flexibility index (Phi) is 3.90. The van der Waals surface area contributed by atoms with Crippen LogP contribution in [0.2, 0.25) is 0 Å². The standard InChI is InChI=1S/C13H13O4PS/c1-19(15,16)17-18(14,12-8-4-2-5-9-12)13-10-6-3-7-11-13/h2-11H,1H3. The second-order valence-corrected chi connectivity index (χ2v) is 8.14. The van der Waals surface area contributed by atoms with Crippen LogP contribution < -0.4 is 10.6 Å². The highest BCUT2D eigenvalue weighted by Crippen LogP contribution is 2.45. The van der Waals surface area contributed by atoms with Gasteiger partial charge in [-0.3, -0.25) is 4.57 Å². The van der Waals surface area contributed by atoms with Crippen molar-refractivity contribution in [2.45, 2.75) is 0 Å². The fourth-order valence-electron chi connectivity index (χ4n) is 1.67. The Labute approximate surface area is 112 Å². The van der Waals surface area contributed by atoms with Gasteiger partial charge in [0.05, 0.1) is 6.26 Å². The van der Waals surface area contributed by atoms with Crippen LogP contribution in [0.25, 0.3) is 0 Å². The molecule has 0 unspecified atom stereocenters. The summed E-state index contributed by atoms with van der Waals surface area (Å²) in [6.07, 6.45) is 0.894. The molecule has 6 heteroatoms. The van der Waals surface area contributed by atoms with Gasteiger partial charge in [-0.05, 0) is 24.3 Å². The summed E-state index contributed by atoms with van der Waals surface area (Å²) in [4.78, 5) is 0. The Morgan fingerprint density at radius 1 is 0.842 bits per heavy atom. The molecule has 0 aliphatic rings. The molecule has 2 aromatic rings. The summed E-state index contributed by atoms with van der Waals surface area (Å²) in [6, 6.07) is 16.7. The summed E-state index contributed by atoms with van der Waals surface area (Å²) >= 11 is 0. The zero-order chi connectivity index (χ0) is 13.9.